The van der Waals surface area contributed by atoms with Gasteiger partial charge in [0.2, 0.25) is 0 Å². The van der Waals surface area contributed by atoms with E-state index in [-0.39, 0.29) is 17.2 Å². The van der Waals surface area contributed by atoms with Crippen molar-refractivity contribution in [1.29, 1.82) is 0 Å². The largest absolute Gasteiger partial charge is 0.573 e. The molecule has 1 amide bonds. The second kappa shape index (κ2) is 8.21. The quantitative estimate of drug-likeness (QED) is 0.446. The van der Waals surface area contributed by atoms with E-state index in [1.165, 1.54) is 18.2 Å². The molecule has 3 aromatic rings. The van der Waals surface area contributed by atoms with Gasteiger partial charge in [-0.2, -0.15) is 18.3 Å². The number of ether oxygens (including phenoxy) is 1. The van der Waals surface area contributed by atoms with E-state index in [1.54, 1.807) is 12.1 Å². The Balaban J connectivity index is 1.41. The summed E-state index contributed by atoms with van der Waals surface area (Å²) in [6.07, 6.45) is -8.66. The summed E-state index contributed by atoms with van der Waals surface area (Å²) in [5, 5.41) is 9.51. The van der Waals surface area contributed by atoms with Gasteiger partial charge in [0.05, 0.1) is 6.04 Å². The van der Waals surface area contributed by atoms with Gasteiger partial charge in [-0.25, -0.2) is 4.68 Å². The Labute approximate surface area is 194 Å². The van der Waals surface area contributed by atoms with Crippen molar-refractivity contribution in [2.24, 2.45) is 5.92 Å². The molecule has 0 saturated heterocycles. The number of amides is 1. The Morgan fingerprint density at radius 3 is 2.46 bits per heavy atom. The average molecular weight is 496 g/mol. The molecule has 0 fully saturated rings. The summed E-state index contributed by atoms with van der Waals surface area (Å²) in [5.74, 6) is -2.03. The van der Waals surface area contributed by atoms with E-state index in [0.717, 1.165) is 27.9 Å². The fourth-order valence-electron chi connectivity index (χ4n) is 4.79. The lowest BCUT2D eigenvalue weighted by Crippen LogP contribution is -2.45. The molecule has 1 aliphatic carbocycles. The van der Waals surface area contributed by atoms with Gasteiger partial charge in [-0.3, -0.25) is 4.79 Å². The van der Waals surface area contributed by atoms with Gasteiger partial charge in [0.25, 0.3) is 5.91 Å². The summed E-state index contributed by atoms with van der Waals surface area (Å²) in [5.41, 5.74) is 1.63. The first-order valence-electron chi connectivity index (χ1n) is 10.7. The lowest BCUT2D eigenvalue weighted by atomic mass is 9.75. The molecule has 0 saturated carbocycles. The number of aryl methyl sites for hydroxylation is 1. The highest BCUT2D eigenvalue weighted by Gasteiger charge is 2.53. The predicted octanol–water partition coefficient (Wildman–Crippen LogP) is 5.87. The summed E-state index contributed by atoms with van der Waals surface area (Å²) in [6.45, 7) is 0. The molecule has 2 aromatic carbocycles. The van der Waals surface area contributed by atoms with E-state index in [2.05, 4.69) is 20.5 Å². The zero-order chi connectivity index (χ0) is 25.0. The summed E-state index contributed by atoms with van der Waals surface area (Å²) in [4.78, 5) is 12.7. The summed E-state index contributed by atoms with van der Waals surface area (Å²) in [6, 6.07) is 10.4. The van der Waals surface area contributed by atoms with Crippen LogP contribution in [0.4, 0.5) is 37.8 Å². The normalized spacial score (nSPS) is 21.3. The fourth-order valence-corrected chi connectivity index (χ4v) is 4.79. The number of rotatable bonds is 3. The van der Waals surface area contributed by atoms with Crippen molar-refractivity contribution in [2.45, 2.75) is 37.5 Å². The smallest absolute Gasteiger partial charge is 0.406 e. The van der Waals surface area contributed by atoms with E-state index in [0.29, 0.717) is 12.8 Å². The van der Waals surface area contributed by atoms with E-state index < -0.39 is 42.2 Å². The Bertz CT molecular complexity index is 1250. The lowest BCUT2D eigenvalue weighted by Gasteiger charge is -2.43. The first-order chi connectivity index (χ1) is 16.5. The Kier molecular flexibility index (Phi) is 5.41. The van der Waals surface area contributed by atoms with Crippen LogP contribution in [-0.2, 0) is 6.42 Å². The van der Waals surface area contributed by atoms with Gasteiger partial charge in [0, 0.05) is 17.7 Å². The Hall–Kier alpha value is -3.70. The zero-order valence-electron chi connectivity index (χ0n) is 17.8. The van der Waals surface area contributed by atoms with Crippen molar-refractivity contribution >= 4 is 17.4 Å². The van der Waals surface area contributed by atoms with Gasteiger partial charge >= 0.3 is 12.5 Å². The van der Waals surface area contributed by atoms with E-state index >= 15 is 0 Å². The van der Waals surface area contributed by atoms with Crippen LogP contribution >= 0.6 is 0 Å². The highest BCUT2D eigenvalue weighted by atomic mass is 19.4. The number of nitrogens with one attached hydrogen (secondary N) is 2. The van der Waals surface area contributed by atoms with Crippen LogP contribution in [0.15, 0.2) is 54.6 Å². The monoisotopic (exact) mass is 496 g/mol. The lowest BCUT2D eigenvalue weighted by molar-refractivity contribution is -0.274. The minimum Gasteiger partial charge on any atom is -0.406 e. The Morgan fingerprint density at radius 2 is 1.77 bits per heavy atom. The number of benzene rings is 2. The number of carbonyl (C=O) groups excluding carboxylic acids is 1. The fraction of sp³-hybridized carbons (Fsp3) is 0.304. The SMILES string of the molecule is O=C(Nc1ccc(OC(F)(F)F)cc1)c1cc2n(n1)[C@H](C(F)(F)F)[C@H]1CCc3ccccc3[C@H]1N2. The predicted molar refractivity (Wildman–Crippen MR) is 113 cm³/mol. The molecule has 3 atom stereocenters. The van der Waals surface area contributed by atoms with Crippen LogP contribution in [0.1, 0.15) is 40.1 Å². The molecule has 2 N–H and O–H groups in total. The maximum atomic E-state index is 14.2. The number of halogens is 6. The summed E-state index contributed by atoms with van der Waals surface area (Å²) < 4.78 is 84.1. The molecule has 2 aliphatic rings. The number of carbonyl (C=O) groups is 1. The van der Waals surface area contributed by atoms with Gasteiger partial charge in [-0.15, -0.1) is 13.2 Å². The Morgan fingerprint density at radius 1 is 1.06 bits per heavy atom. The number of hydrogen-bond acceptors (Lipinski definition) is 4. The van der Waals surface area contributed by atoms with Gasteiger partial charge in [0.15, 0.2) is 11.7 Å². The van der Waals surface area contributed by atoms with Crippen LogP contribution in [0.2, 0.25) is 0 Å². The summed E-state index contributed by atoms with van der Waals surface area (Å²) >= 11 is 0. The molecule has 12 heteroatoms. The number of nitrogens with zero attached hydrogens (tertiary/aromatic N) is 2. The molecule has 1 aliphatic heterocycles. The molecular formula is C23H18F6N4O2. The van der Waals surface area contributed by atoms with Crippen molar-refractivity contribution in [3.63, 3.8) is 0 Å². The van der Waals surface area contributed by atoms with Gasteiger partial charge < -0.3 is 15.4 Å². The van der Waals surface area contributed by atoms with Crippen LogP contribution in [0.5, 0.6) is 5.75 Å². The number of alkyl halides is 6. The van der Waals surface area contributed by atoms with Crippen molar-refractivity contribution in [3.8, 4) is 5.75 Å². The topological polar surface area (TPSA) is 68.2 Å². The van der Waals surface area contributed by atoms with E-state index in [4.69, 9.17) is 0 Å². The van der Waals surface area contributed by atoms with Gasteiger partial charge in [0.1, 0.15) is 11.6 Å². The maximum absolute atomic E-state index is 14.2. The van der Waals surface area contributed by atoms with Gasteiger partial charge in [-0.05, 0) is 48.2 Å². The minimum atomic E-state index is -4.86. The van der Waals surface area contributed by atoms with Crippen LogP contribution in [-0.4, -0.2) is 28.2 Å². The highest BCUT2D eigenvalue weighted by molar-refractivity contribution is 6.03. The number of aromatic nitrogens is 2. The number of anilines is 2. The van der Waals surface area contributed by atoms with Crippen LogP contribution in [0.3, 0.4) is 0 Å². The van der Waals surface area contributed by atoms with Crippen molar-refractivity contribution in [3.05, 3.63) is 71.4 Å². The van der Waals surface area contributed by atoms with Crippen LogP contribution in [0, 0.1) is 5.92 Å². The van der Waals surface area contributed by atoms with Crippen molar-refractivity contribution < 1.29 is 35.9 Å². The summed E-state index contributed by atoms with van der Waals surface area (Å²) in [7, 11) is 0. The molecule has 0 spiro atoms. The van der Waals surface area contributed by atoms with Crippen LogP contribution in [0.25, 0.3) is 0 Å². The maximum Gasteiger partial charge on any atom is 0.573 e. The third kappa shape index (κ3) is 4.52. The van der Waals surface area contributed by atoms with Crippen molar-refractivity contribution in [2.75, 3.05) is 10.6 Å². The second-order valence-electron chi connectivity index (χ2n) is 8.40. The average Bonchev–Trinajstić information content (AvgIpc) is 3.20. The highest BCUT2D eigenvalue weighted by Crippen LogP contribution is 2.51. The third-order valence-electron chi connectivity index (χ3n) is 6.19. The molecular weight excluding hydrogens is 478 g/mol. The van der Waals surface area contributed by atoms with Crippen molar-refractivity contribution in [1.82, 2.24) is 9.78 Å². The molecule has 0 radical (unpaired) electrons. The number of hydrogen-bond donors (Lipinski definition) is 2. The second-order valence-corrected chi connectivity index (χ2v) is 8.40. The first kappa shape index (κ1) is 23.1. The first-order valence-corrected chi connectivity index (χ1v) is 10.7. The molecule has 0 unspecified atom stereocenters. The molecule has 2 heterocycles. The minimum absolute atomic E-state index is 0.0596. The van der Waals surface area contributed by atoms with Gasteiger partial charge in [-0.1, -0.05) is 24.3 Å². The molecule has 1 aromatic heterocycles. The molecule has 184 valence electrons. The van der Waals surface area contributed by atoms with Crippen LogP contribution < -0.4 is 15.4 Å². The third-order valence-corrected chi connectivity index (χ3v) is 6.19. The number of fused-ring (bicyclic) bond motifs is 4. The molecule has 35 heavy (non-hydrogen) atoms. The standard InChI is InChI=1S/C23H18F6N4O2/c24-22(25,26)20-16-10-5-12-3-1-2-4-15(12)19(16)31-18-11-17(32-33(18)20)21(34)30-13-6-8-14(9-7-13)35-23(27,28)29/h1-4,6-9,11,16,19-20,31H,5,10H2,(H,30,34)/t16-,19+,20-/m0/s1. The van der Waals surface area contributed by atoms with E-state index in [1.807, 2.05) is 12.1 Å². The molecule has 6 nitrogen and oxygen atoms in total. The zero-order valence-corrected chi connectivity index (χ0v) is 17.8. The van der Waals surface area contributed by atoms with E-state index in [9.17, 15) is 31.1 Å². The molecule has 5 rings (SSSR count). The molecule has 0 bridgehead atoms.